The summed E-state index contributed by atoms with van der Waals surface area (Å²) in [6.45, 7) is 0. The standard InChI is InChI=1S/C13H17NO3/c1-16-11-6-4-3-5-10(11)13(12(15)17-2)7-9(14)8-13/h3-6,9H,7-8,14H2,1-2H3. The van der Waals surface area contributed by atoms with Crippen LogP contribution in [0.4, 0.5) is 0 Å². The van der Waals surface area contributed by atoms with Crippen molar-refractivity contribution in [2.24, 2.45) is 5.73 Å². The quantitative estimate of drug-likeness (QED) is 0.800. The molecule has 2 rings (SSSR count). The first-order chi connectivity index (χ1) is 8.14. The third kappa shape index (κ3) is 1.78. The summed E-state index contributed by atoms with van der Waals surface area (Å²) < 4.78 is 10.2. The van der Waals surface area contributed by atoms with Crippen LogP contribution in [0.1, 0.15) is 18.4 Å². The van der Waals surface area contributed by atoms with E-state index in [1.54, 1.807) is 7.11 Å². The lowest BCUT2D eigenvalue weighted by Gasteiger charge is -2.44. The third-order valence-electron chi connectivity index (χ3n) is 3.42. The zero-order valence-corrected chi connectivity index (χ0v) is 10.1. The molecule has 17 heavy (non-hydrogen) atoms. The number of nitrogens with two attached hydrogens (primary N) is 1. The molecule has 0 aromatic heterocycles. The lowest BCUT2D eigenvalue weighted by Crippen LogP contribution is -2.54. The monoisotopic (exact) mass is 235 g/mol. The molecule has 0 heterocycles. The largest absolute Gasteiger partial charge is 0.496 e. The lowest BCUT2D eigenvalue weighted by molar-refractivity contribution is -0.152. The van der Waals surface area contributed by atoms with Crippen LogP contribution in [-0.2, 0) is 14.9 Å². The van der Waals surface area contributed by atoms with Gasteiger partial charge in [-0.3, -0.25) is 4.79 Å². The second-order valence-corrected chi connectivity index (χ2v) is 4.44. The number of ether oxygens (including phenoxy) is 2. The fraction of sp³-hybridized carbons (Fsp3) is 0.462. The average molecular weight is 235 g/mol. The van der Waals surface area contributed by atoms with Crippen LogP contribution in [0.2, 0.25) is 0 Å². The molecule has 0 aliphatic heterocycles. The Kier molecular flexibility index (Phi) is 3.07. The van der Waals surface area contributed by atoms with E-state index in [-0.39, 0.29) is 12.0 Å². The van der Waals surface area contributed by atoms with Crippen molar-refractivity contribution in [1.82, 2.24) is 0 Å². The number of carbonyl (C=O) groups is 1. The van der Waals surface area contributed by atoms with Gasteiger partial charge in [0.2, 0.25) is 0 Å². The molecule has 0 radical (unpaired) electrons. The van der Waals surface area contributed by atoms with Gasteiger partial charge in [-0.1, -0.05) is 18.2 Å². The van der Waals surface area contributed by atoms with Crippen LogP contribution in [0, 0.1) is 0 Å². The highest BCUT2D eigenvalue weighted by molar-refractivity contribution is 5.85. The number of esters is 1. The average Bonchev–Trinajstić information content (AvgIpc) is 2.33. The predicted molar refractivity (Wildman–Crippen MR) is 63.9 cm³/mol. The molecule has 1 aromatic carbocycles. The van der Waals surface area contributed by atoms with Gasteiger partial charge in [0.15, 0.2) is 0 Å². The Morgan fingerprint density at radius 1 is 1.35 bits per heavy atom. The first kappa shape index (κ1) is 11.9. The Morgan fingerprint density at radius 2 is 2.00 bits per heavy atom. The smallest absolute Gasteiger partial charge is 0.316 e. The summed E-state index contributed by atoms with van der Waals surface area (Å²) in [7, 11) is 3.01. The van der Waals surface area contributed by atoms with Gasteiger partial charge in [0, 0.05) is 11.6 Å². The van der Waals surface area contributed by atoms with E-state index in [9.17, 15) is 4.79 Å². The summed E-state index contributed by atoms with van der Waals surface area (Å²) in [6.07, 6.45) is 1.22. The van der Waals surface area contributed by atoms with Crippen molar-refractivity contribution in [2.45, 2.75) is 24.3 Å². The maximum atomic E-state index is 12.0. The Morgan fingerprint density at radius 3 is 2.53 bits per heavy atom. The van der Waals surface area contributed by atoms with Crippen molar-refractivity contribution >= 4 is 5.97 Å². The minimum atomic E-state index is -0.624. The lowest BCUT2D eigenvalue weighted by atomic mass is 9.61. The van der Waals surface area contributed by atoms with Gasteiger partial charge in [-0.2, -0.15) is 0 Å². The van der Waals surface area contributed by atoms with E-state index in [1.165, 1.54) is 7.11 Å². The van der Waals surface area contributed by atoms with Crippen LogP contribution in [0.15, 0.2) is 24.3 Å². The zero-order valence-electron chi connectivity index (χ0n) is 10.1. The molecule has 1 fully saturated rings. The van der Waals surface area contributed by atoms with Crippen molar-refractivity contribution in [3.63, 3.8) is 0 Å². The van der Waals surface area contributed by atoms with Crippen LogP contribution in [0.3, 0.4) is 0 Å². The molecule has 0 atom stereocenters. The SMILES string of the molecule is COC(=O)C1(c2ccccc2OC)CC(N)C1. The second-order valence-electron chi connectivity index (χ2n) is 4.44. The van der Waals surface area contributed by atoms with E-state index in [2.05, 4.69) is 0 Å². The molecule has 1 aliphatic rings. The van der Waals surface area contributed by atoms with E-state index in [4.69, 9.17) is 15.2 Å². The minimum absolute atomic E-state index is 0.0546. The third-order valence-corrected chi connectivity index (χ3v) is 3.42. The summed E-state index contributed by atoms with van der Waals surface area (Å²) in [5.74, 6) is 0.480. The maximum Gasteiger partial charge on any atom is 0.316 e. The van der Waals surface area contributed by atoms with Crippen LogP contribution in [-0.4, -0.2) is 26.2 Å². The van der Waals surface area contributed by atoms with Gasteiger partial charge in [-0.15, -0.1) is 0 Å². The van der Waals surface area contributed by atoms with E-state index < -0.39 is 5.41 Å². The van der Waals surface area contributed by atoms with Crippen molar-refractivity contribution in [3.8, 4) is 5.75 Å². The number of para-hydroxylation sites is 1. The van der Waals surface area contributed by atoms with E-state index >= 15 is 0 Å². The number of carbonyl (C=O) groups excluding carboxylic acids is 1. The van der Waals surface area contributed by atoms with E-state index in [1.807, 2.05) is 24.3 Å². The number of methoxy groups -OCH3 is 2. The Bertz CT molecular complexity index is 424. The van der Waals surface area contributed by atoms with E-state index in [0.29, 0.717) is 18.6 Å². The van der Waals surface area contributed by atoms with Crippen molar-refractivity contribution in [2.75, 3.05) is 14.2 Å². The molecule has 2 N–H and O–H groups in total. The number of rotatable bonds is 3. The predicted octanol–water partition coefficient (Wildman–Crippen LogP) is 1.23. The van der Waals surface area contributed by atoms with Crippen molar-refractivity contribution < 1.29 is 14.3 Å². The summed E-state index contributed by atoms with van der Waals surface area (Å²) in [5, 5.41) is 0. The topological polar surface area (TPSA) is 61.5 Å². The Labute approximate surface area is 101 Å². The summed E-state index contributed by atoms with van der Waals surface area (Å²) >= 11 is 0. The molecule has 0 bridgehead atoms. The molecule has 1 aromatic rings. The first-order valence-corrected chi connectivity index (χ1v) is 5.61. The summed E-state index contributed by atoms with van der Waals surface area (Å²) in [5.41, 5.74) is 6.07. The van der Waals surface area contributed by atoms with Crippen LogP contribution in [0.25, 0.3) is 0 Å². The molecule has 0 unspecified atom stereocenters. The first-order valence-electron chi connectivity index (χ1n) is 5.61. The normalized spacial score (nSPS) is 27.1. The highest BCUT2D eigenvalue weighted by atomic mass is 16.5. The molecular formula is C13H17NO3. The molecule has 0 spiro atoms. The van der Waals surface area contributed by atoms with Gasteiger partial charge in [-0.25, -0.2) is 0 Å². The summed E-state index contributed by atoms with van der Waals surface area (Å²) in [4.78, 5) is 12.0. The van der Waals surface area contributed by atoms with Gasteiger partial charge in [-0.05, 0) is 18.9 Å². The van der Waals surface area contributed by atoms with Gasteiger partial charge in [0.25, 0.3) is 0 Å². The van der Waals surface area contributed by atoms with Crippen LogP contribution < -0.4 is 10.5 Å². The number of benzene rings is 1. The molecule has 0 saturated heterocycles. The number of hydrogen-bond acceptors (Lipinski definition) is 4. The summed E-state index contributed by atoms with van der Waals surface area (Å²) in [6, 6.07) is 7.59. The number of hydrogen-bond donors (Lipinski definition) is 1. The van der Waals surface area contributed by atoms with Crippen LogP contribution >= 0.6 is 0 Å². The van der Waals surface area contributed by atoms with Crippen molar-refractivity contribution in [3.05, 3.63) is 29.8 Å². The van der Waals surface area contributed by atoms with Crippen LogP contribution in [0.5, 0.6) is 5.75 Å². The maximum absolute atomic E-state index is 12.0. The molecule has 92 valence electrons. The van der Waals surface area contributed by atoms with Crippen molar-refractivity contribution in [1.29, 1.82) is 0 Å². The van der Waals surface area contributed by atoms with Gasteiger partial charge < -0.3 is 15.2 Å². The minimum Gasteiger partial charge on any atom is -0.496 e. The Balaban J connectivity index is 2.44. The fourth-order valence-corrected chi connectivity index (χ4v) is 2.57. The molecule has 1 saturated carbocycles. The fourth-order valence-electron chi connectivity index (χ4n) is 2.57. The molecule has 4 nitrogen and oxygen atoms in total. The molecule has 4 heteroatoms. The highest BCUT2D eigenvalue weighted by Gasteiger charge is 2.52. The van der Waals surface area contributed by atoms with Gasteiger partial charge in [0.1, 0.15) is 5.75 Å². The van der Waals surface area contributed by atoms with Gasteiger partial charge >= 0.3 is 5.97 Å². The molecule has 1 aliphatic carbocycles. The molecular weight excluding hydrogens is 218 g/mol. The highest BCUT2D eigenvalue weighted by Crippen LogP contribution is 2.47. The second kappa shape index (κ2) is 4.37. The zero-order chi connectivity index (χ0) is 12.5. The Hall–Kier alpha value is -1.55. The van der Waals surface area contributed by atoms with E-state index in [0.717, 1.165) is 5.56 Å². The molecule has 0 amide bonds. The van der Waals surface area contributed by atoms with Gasteiger partial charge in [0.05, 0.1) is 19.6 Å².